The Hall–Kier alpha value is -1.37. The first-order valence-corrected chi connectivity index (χ1v) is 5.67. The predicted molar refractivity (Wildman–Crippen MR) is 61.5 cm³/mol. The predicted octanol–water partition coefficient (Wildman–Crippen LogP) is 1.61. The number of hydrogen-bond donors (Lipinski definition) is 2. The third kappa shape index (κ3) is 2.82. The summed E-state index contributed by atoms with van der Waals surface area (Å²) in [6, 6.07) is 11.7. The number of hydrogen-bond acceptors (Lipinski definition) is 3. The second kappa shape index (κ2) is 5.11. The second-order valence-electron chi connectivity index (χ2n) is 4.28. The van der Waals surface area contributed by atoms with E-state index in [9.17, 15) is 5.11 Å². The summed E-state index contributed by atoms with van der Waals surface area (Å²) in [5.41, 5.74) is 0.891. The summed E-state index contributed by atoms with van der Waals surface area (Å²) >= 11 is 0. The second-order valence-corrected chi connectivity index (χ2v) is 4.28. The van der Waals surface area contributed by atoms with Gasteiger partial charge in [-0.3, -0.25) is 5.32 Å². The normalized spacial score (nSPS) is 18.8. The molecule has 2 unspecified atom stereocenters. The van der Waals surface area contributed by atoms with E-state index < -0.39 is 6.10 Å². The summed E-state index contributed by atoms with van der Waals surface area (Å²) in [7, 11) is 0. The molecule has 0 aromatic heterocycles. The first-order valence-electron chi connectivity index (χ1n) is 5.67. The molecule has 2 N–H and O–H groups in total. The molecule has 0 saturated heterocycles. The summed E-state index contributed by atoms with van der Waals surface area (Å²) in [5.74, 6) is 0.493. The number of aliphatic hydroxyl groups excluding tert-OH is 1. The van der Waals surface area contributed by atoms with Crippen molar-refractivity contribution in [3.63, 3.8) is 0 Å². The fourth-order valence-electron chi connectivity index (χ4n) is 1.78. The van der Waals surface area contributed by atoms with Crippen LogP contribution in [0.3, 0.4) is 0 Å². The monoisotopic (exact) mass is 216 g/mol. The van der Waals surface area contributed by atoms with Crippen molar-refractivity contribution < 1.29 is 5.11 Å². The van der Waals surface area contributed by atoms with Gasteiger partial charge >= 0.3 is 0 Å². The minimum Gasteiger partial charge on any atom is -0.387 e. The summed E-state index contributed by atoms with van der Waals surface area (Å²) < 4.78 is 0. The van der Waals surface area contributed by atoms with E-state index >= 15 is 0 Å². The van der Waals surface area contributed by atoms with Crippen LogP contribution in [-0.4, -0.2) is 17.7 Å². The first-order chi connectivity index (χ1) is 7.81. The molecule has 1 fully saturated rings. The molecule has 0 aliphatic heterocycles. The molecule has 1 saturated carbocycles. The largest absolute Gasteiger partial charge is 0.387 e. The first kappa shape index (κ1) is 11.1. The number of nitriles is 1. The molecule has 1 aromatic carbocycles. The zero-order valence-electron chi connectivity index (χ0n) is 9.13. The van der Waals surface area contributed by atoms with Gasteiger partial charge in [0.2, 0.25) is 0 Å². The quantitative estimate of drug-likeness (QED) is 0.786. The molecule has 1 aliphatic carbocycles. The van der Waals surface area contributed by atoms with E-state index in [1.807, 2.05) is 30.3 Å². The molecule has 16 heavy (non-hydrogen) atoms. The van der Waals surface area contributed by atoms with Crippen LogP contribution in [0, 0.1) is 17.2 Å². The highest BCUT2D eigenvalue weighted by Gasteiger charge is 2.31. The van der Waals surface area contributed by atoms with Crippen LogP contribution < -0.4 is 5.32 Å². The van der Waals surface area contributed by atoms with E-state index in [-0.39, 0.29) is 6.04 Å². The van der Waals surface area contributed by atoms with E-state index in [0.29, 0.717) is 12.5 Å². The molecule has 3 nitrogen and oxygen atoms in total. The lowest BCUT2D eigenvalue weighted by Crippen LogP contribution is -2.33. The Balaban J connectivity index is 1.83. The van der Waals surface area contributed by atoms with Crippen molar-refractivity contribution in [1.82, 2.24) is 5.32 Å². The number of rotatable bonds is 5. The maximum Gasteiger partial charge on any atom is 0.0982 e. The lowest BCUT2D eigenvalue weighted by Gasteiger charge is -2.15. The molecule has 2 atom stereocenters. The van der Waals surface area contributed by atoms with Crippen LogP contribution in [-0.2, 0) is 0 Å². The average molecular weight is 216 g/mol. The molecule has 0 spiro atoms. The SMILES string of the molecule is N#CC(NCC(O)c1ccccc1)C1CC1. The van der Waals surface area contributed by atoms with E-state index in [2.05, 4.69) is 11.4 Å². The van der Waals surface area contributed by atoms with Gasteiger partial charge in [0.15, 0.2) is 0 Å². The smallest absolute Gasteiger partial charge is 0.0982 e. The van der Waals surface area contributed by atoms with Gasteiger partial charge in [-0.05, 0) is 24.3 Å². The van der Waals surface area contributed by atoms with Gasteiger partial charge in [0.05, 0.1) is 18.2 Å². The van der Waals surface area contributed by atoms with Crippen LogP contribution in [0.5, 0.6) is 0 Å². The van der Waals surface area contributed by atoms with E-state index in [1.165, 1.54) is 0 Å². The van der Waals surface area contributed by atoms with Crippen LogP contribution in [0.15, 0.2) is 30.3 Å². The van der Waals surface area contributed by atoms with Gasteiger partial charge < -0.3 is 5.11 Å². The molecular formula is C13H16N2O. The average Bonchev–Trinajstić information content (AvgIpc) is 3.15. The van der Waals surface area contributed by atoms with Crippen LogP contribution in [0.4, 0.5) is 0 Å². The van der Waals surface area contributed by atoms with Gasteiger partial charge in [-0.25, -0.2) is 0 Å². The Morgan fingerprint density at radius 1 is 1.38 bits per heavy atom. The van der Waals surface area contributed by atoms with Crippen molar-refractivity contribution in [2.75, 3.05) is 6.54 Å². The summed E-state index contributed by atoms with van der Waals surface area (Å²) in [5, 5.41) is 21.9. The van der Waals surface area contributed by atoms with Crippen molar-refractivity contribution in [3.05, 3.63) is 35.9 Å². The van der Waals surface area contributed by atoms with Gasteiger partial charge in [-0.1, -0.05) is 30.3 Å². The Labute approximate surface area is 95.7 Å². The lowest BCUT2D eigenvalue weighted by atomic mass is 10.1. The summed E-state index contributed by atoms with van der Waals surface area (Å²) in [6.45, 7) is 0.443. The Morgan fingerprint density at radius 2 is 2.06 bits per heavy atom. The number of benzene rings is 1. The van der Waals surface area contributed by atoms with E-state index in [1.54, 1.807) is 0 Å². The molecule has 0 amide bonds. The highest BCUT2D eigenvalue weighted by molar-refractivity contribution is 5.17. The van der Waals surface area contributed by atoms with Crippen LogP contribution in [0.1, 0.15) is 24.5 Å². The molecule has 0 heterocycles. The highest BCUT2D eigenvalue weighted by Crippen LogP contribution is 2.32. The molecular weight excluding hydrogens is 200 g/mol. The minimum absolute atomic E-state index is 0.0987. The van der Waals surface area contributed by atoms with Crippen molar-refractivity contribution in [2.45, 2.75) is 25.0 Å². The van der Waals surface area contributed by atoms with Gasteiger partial charge in [-0.2, -0.15) is 5.26 Å². The maximum absolute atomic E-state index is 9.90. The Bertz CT molecular complexity index is 367. The highest BCUT2D eigenvalue weighted by atomic mass is 16.3. The van der Waals surface area contributed by atoms with E-state index in [4.69, 9.17) is 5.26 Å². The van der Waals surface area contributed by atoms with Gasteiger partial charge in [0.25, 0.3) is 0 Å². The summed E-state index contributed by atoms with van der Waals surface area (Å²) in [6.07, 6.45) is 1.73. The molecule has 0 radical (unpaired) electrons. The third-order valence-electron chi connectivity index (χ3n) is 2.95. The Morgan fingerprint density at radius 3 is 2.62 bits per heavy atom. The van der Waals surface area contributed by atoms with E-state index in [0.717, 1.165) is 18.4 Å². The number of nitrogens with one attached hydrogen (secondary N) is 1. The van der Waals surface area contributed by atoms with Crippen molar-refractivity contribution in [3.8, 4) is 6.07 Å². The topological polar surface area (TPSA) is 56.0 Å². The molecule has 1 aromatic rings. The van der Waals surface area contributed by atoms with Gasteiger partial charge in [0, 0.05) is 6.54 Å². The van der Waals surface area contributed by atoms with Crippen molar-refractivity contribution in [1.29, 1.82) is 5.26 Å². The fraction of sp³-hybridized carbons (Fsp3) is 0.462. The van der Waals surface area contributed by atoms with Gasteiger partial charge in [-0.15, -0.1) is 0 Å². The zero-order valence-corrected chi connectivity index (χ0v) is 9.13. The minimum atomic E-state index is -0.532. The number of nitrogens with zero attached hydrogens (tertiary/aromatic N) is 1. The van der Waals surface area contributed by atoms with Crippen molar-refractivity contribution in [2.24, 2.45) is 5.92 Å². The fourth-order valence-corrected chi connectivity index (χ4v) is 1.78. The Kier molecular flexibility index (Phi) is 3.55. The molecule has 84 valence electrons. The lowest BCUT2D eigenvalue weighted by molar-refractivity contribution is 0.171. The van der Waals surface area contributed by atoms with Gasteiger partial charge in [0.1, 0.15) is 0 Å². The molecule has 1 aliphatic rings. The third-order valence-corrected chi connectivity index (χ3v) is 2.95. The van der Waals surface area contributed by atoms with Crippen LogP contribution >= 0.6 is 0 Å². The standard InChI is InChI=1S/C13H16N2O/c14-8-12(10-6-7-10)15-9-13(16)11-4-2-1-3-5-11/h1-5,10,12-13,15-16H,6-7,9H2. The molecule has 0 bridgehead atoms. The van der Waals surface area contributed by atoms with Crippen LogP contribution in [0.2, 0.25) is 0 Å². The van der Waals surface area contributed by atoms with Crippen LogP contribution in [0.25, 0.3) is 0 Å². The summed E-state index contributed by atoms with van der Waals surface area (Å²) in [4.78, 5) is 0. The maximum atomic E-state index is 9.90. The molecule has 2 rings (SSSR count). The zero-order chi connectivity index (χ0) is 11.4. The molecule has 3 heteroatoms. The number of aliphatic hydroxyl groups is 1. The van der Waals surface area contributed by atoms with Crippen molar-refractivity contribution >= 4 is 0 Å².